The zero-order chi connectivity index (χ0) is 7.15. The van der Waals surface area contributed by atoms with E-state index in [4.69, 9.17) is 0 Å². The van der Waals surface area contributed by atoms with Gasteiger partial charge in [-0.05, 0) is 0 Å². The monoisotopic (exact) mass is 252 g/mol. The van der Waals surface area contributed by atoms with Gasteiger partial charge >= 0.3 is 26.9 Å². The lowest BCUT2D eigenvalue weighted by atomic mass is 18.8. The highest BCUT2D eigenvalue weighted by Crippen LogP contribution is 1.92. The Bertz CT molecular complexity index is 29.3. The molecule has 0 aliphatic heterocycles. The van der Waals surface area contributed by atoms with Crippen LogP contribution in [0.3, 0.4) is 0 Å². The van der Waals surface area contributed by atoms with Crippen molar-refractivity contribution in [1.29, 1.82) is 0 Å². The van der Waals surface area contributed by atoms with Crippen LogP contribution >= 0.6 is 42.6 Å². The van der Waals surface area contributed by atoms with Crippen molar-refractivity contribution in [2.75, 3.05) is 0 Å². The molecule has 0 saturated carbocycles. The highest BCUT2D eigenvalue weighted by Gasteiger charge is 2.13. The van der Waals surface area contributed by atoms with Gasteiger partial charge in [0.25, 0.3) is 0 Å². The van der Waals surface area contributed by atoms with Crippen LogP contribution in [-0.4, -0.2) is 26.9 Å². The highest BCUT2D eigenvalue weighted by atomic mass is 35.7. The largest absolute Gasteiger partial charge is 0.898 e. The summed E-state index contributed by atoms with van der Waals surface area (Å²) >= 11 is -6.36. The van der Waals surface area contributed by atoms with Crippen molar-refractivity contribution in [3.63, 3.8) is 0 Å². The average Bonchev–Trinajstić information content (AvgIpc) is 1.25. The topological polar surface area (TPSA) is 0 Å². The van der Waals surface area contributed by atoms with Crippen molar-refractivity contribution in [2.45, 2.75) is 0 Å². The fourth-order valence-electron chi connectivity index (χ4n) is 0. The molecule has 0 aromatic heterocycles. The van der Waals surface area contributed by atoms with Crippen molar-refractivity contribution in [3.05, 3.63) is 0 Å². The molecule has 0 unspecified atom stereocenters. The van der Waals surface area contributed by atoms with Gasteiger partial charge in [0.15, 0.2) is 0 Å². The van der Waals surface area contributed by atoms with Crippen LogP contribution in [0, 0.1) is 0 Å². The van der Waals surface area contributed by atoms with E-state index in [1.54, 1.807) is 0 Å². The zero-order valence-electron chi connectivity index (χ0n) is 3.83. The third kappa shape index (κ3) is 158. The van der Waals surface area contributed by atoms with Crippen LogP contribution in [0.1, 0.15) is 0 Å². The maximum atomic E-state index is 10.7. The third-order valence-electron chi connectivity index (χ3n) is 0. The molecule has 0 radical (unpaired) electrons. The second-order valence-corrected chi connectivity index (χ2v) is 5.44. The molecule has 0 spiro atoms. The van der Waals surface area contributed by atoms with Crippen LogP contribution in [0.2, 0.25) is 0 Å². The minimum absolute atomic E-state index is 0. The Labute approximate surface area is 79.5 Å². The lowest BCUT2D eigenvalue weighted by Gasteiger charge is -1.55. The van der Waals surface area contributed by atoms with E-state index in [2.05, 4.69) is 30.1 Å². The first-order valence-corrected chi connectivity index (χ1v) is 7.86. The van der Waals surface area contributed by atoms with Gasteiger partial charge < -0.3 is 10.6 Å². The molecule has 9 heavy (non-hydrogen) atoms. The van der Waals surface area contributed by atoms with Gasteiger partial charge in [-0.2, -0.15) is 30.1 Å². The smallest absolute Gasteiger partial charge is 0.375 e. The van der Waals surface area contributed by atoms with Crippen molar-refractivity contribution in [3.8, 4) is 0 Å². The van der Waals surface area contributed by atoms with Gasteiger partial charge in [-0.25, -0.2) is 0 Å². The summed E-state index contributed by atoms with van der Waals surface area (Å²) in [5, 5.41) is 0. The first-order valence-electron chi connectivity index (χ1n) is 1.31. The minimum atomic E-state index is -3.67. The van der Waals surface area contributed by atoms with E-state index in [9.17, 15) is 10.6 Å². The molecule has 0 heterocycles. The van der Waals surface area contributed by atoms with Crippen LogP contribution < -0.4 is 0 Å². The summed E-state index contributed by atoms with van der Waals surface area (Å²) in [4.78, 5) is 0. The van der Waals surface area contributed by atoms with E-state index in [0.29, 0.717) is 0 Å². The Morgan fingerprint density at radius 1 is 0.889 bits per heavy atom. The van der Waals surface area contributed by atoms with Gasteiger partial charge in [-0.1, -0.05) is 0 Å². The van der Waals surface area contributed by atoms with Gasteiger partial charge in [-0.15, -0.1) is 12.4 Å². The predicted octanol–water partition coefficient (Wildman–Crippen LogP) is 2.99. The lowest BCUT2D eigenvalue weighted by Crippen LogP contribution is -1.73. The lowest BCUT2D eigenvalue weighted by molar-refractivity contribution is 0.698. The van der Waals surface area contributed by atoms with Crippen molar-refractivity contribution >= 4 is 69.5 Å². The van der Waals surface area contributed by atoms with Crippen molar-refractivity contribution in [2.24, 2.45) is 0 Å². The van der Waals surface area contributed by atoms with Crippen LogP contribution in [0.4, 0.5) is 10.6 Å². The summed E-state index contributed by atoms with van der Waals surface area (Å²) in [7, 11) is 13.1. The zero-order valence-corrected chi connectivity index (χ0v) is 9.22. The molecular weight excluding hydrogens is 253 g/mol. The Morgan fingerprint density at radius 2 is 0.889 bits per heavy atom. The first kappa shape index (κ1) is 17.2. The van der Waals surface area contributed by atoms with Crippen LogP contribution in [0.15, 0.2) is 0 Å². The Kier molecular flexibility index (Phi) is 24.2. The van der Waals surface area contributed by atoms with Gasteiger partial charge in [-0.3, -0.25) is 0 Å². The molecule has 0 aromatic carbocycles. The van der Waals surface area contributed by atoms with Crippen molar-refractivity contribution in [1.82, 2.24) is 0 Å². The van der Waals surface area contributed by atoms with Crippen LogP contribution in [0.25, 0.3) is 0 Å². The normalized spacial score (nSPS) is 6.00. The number of hydrogen-bond donors (Lipinski definition) is 0. The Balaban J connectivity index is -0.0000000720. The second kappa shape index (κ2) is 12.7. The molecule has 0 aliphatic rings. The summed E-state index contributed by atoms with van der Waals surface area (Å²) in [6.07, 6.45) is 0. The number of halogens is 7. The molecule has 0 N–H and O–H groups in total. The Hall–Kier alpha value is 2.01. The minimum Gasteiger partial charge on any atom is -0.375 e. The fourth-order valence-corrected chi connectivity index (χ4v) is 0. The SMILES string of the molecule is Cl.[F][Al]([Cl])[Cl].[F][Al]([F])[Cl]. The summed E-state index contributed by atoms with van der Waals surface area (Å²) < 4.78 is 31.1. The van der Waals surface area contributed by atoms with Crippen LogP contribution in [0.5, 0.6) is 0 Å². The molecule has 0 rings (SSSR count). The molecule has 0 fully saturated rings. The average molecular weight is 254 g/mol. The second-order valence-electron chi connectivity index (χ2n) is 0.495. The van der Waals surface area contributed by atoms with Crippen molar-refractivity contribution < 1.29 is 10.6 Å². The molecular formula is HAl2Cl4F3. The predicted molar refractivity (Wildman–Crippen MR) is 39.6 cm³/mol. The molecule has 0 bridgehead atoms. The fraction of sp³-hybridized carbons (Fsp3) is 0. The molecule has 0 aliphatic carbocycles. The number of rotatable bonds is 0. The highest BCUT2D eigenvalue weighted by molar-refractivity contribution is 7.30. The molecule has 0 nitrogen and oxygen atoms in total. The summed E-state index contributed by atoms with van der Waals surface area (Å²) in [5.74, 6) is 0. The van der Waals surface area contributed by atoms with Gasteiger partial charge in [0, 0.05) is 0 Å². The third-order valence-corrected chi connectivity index (χ3v) is 0. The van der Waals surface area contributed by atoms with E-state index in [0.717, 1.165) is 0 Å². The first-order chi connectivity index (χ1) is 3.46. The van der Waals surface area contributed by atoms with E-state index in [1.807, 2.05) is 0 Å². The van der Waals surface area contributed by atoms with E-state index < -0.39 is 26.9 Å². The molecule has 0 aromatic rings. The quantitative estimate of drug-likeness (QED) is 0.583. The summed E-state index contributed by atoms with van der Waals surface area (Å²) in [5.41, 5.74) is 0. The molecule has 0 atom stereocenters. The van der Waals surface area contributed by atoms with E-state index in [-0.39, 0.29) is 12.4 Å². The summed E-state index contributed by atoms with van der Waals surface area (Å²) in [6.45, 7) is 0. The standard InChI is InChI=1S/2Al.4ClH.3FH/h;;7*1H/q2*+3;;;;;;;/p-6. The molecule has 56 valence electrons. The molecule has 0 amide bonds. The maximum absolute atomic E-state index is 10.7. The van der Waals surface area contributed by atoms with Gasteiger partial charge in [0.05, 0.1) is 0 Å². The van der Waals surface area contributed by atoms with Gasteiger partial charge in [0.1, 0.15) is 0 Å². The number of hydrogen-bond acceptors (Lipinski definition) is 0. The Morgan fingerprint density at radius 3 is 0.889 bits per heavy atom. The van der Waals surface area contributed by atoms with Crippen LogP contribution in [-0.2, 0) is 0 Å². The maximum Gasteiger partial charge on any atom is 0.898 e. The van der Waals surface area contributed by atoms with E-state index >= 15 is 0 Å². The molecule has 0 saturated heterocycles. The molecule has 9 heteroatoms. The summed E-state index contributed by atoms with van der Waals surface area (Å²) in [6, 6.07) is 0. The van der Waals surface area contributed by atoms with E-state index in [1.165, 1.54) is 0 Å². The van der Waals surface area contributed by atoms with Gasteiger partial charge in [0.2, 0.25) is 0 Å².